The molecule has 0 spiro atoms. The Kier molecular flexibility index (Phi) is 7.13. The number of carbonyl (C=O) groups excluding carboxylic acids is 1. The van der Waals surface area contributed by atoms with Crippen LogP contribution in [0.2, 0.25) is 0 Å². The van der Waals surface area contributed by atoms with E-state index in [2.05, 4.69) is 15.3 Å². The summed E-state index contributed by atoms with van der Waals surface area (Å²) in [4.78, 5) is 22.6. The van der Waals surface area contributed by atoms with Crippen LogP contribution in [0.4, 0.5) is 15.9 Å². The van der Waals surface area contributed by atoms with Gasteiger partial charge in [0.25, 0.3) is 0 Å². The molecule has 2 aromatic carbocycles. The third kappa shape index (κ3) is 5.49. The van der Waals surface area contributed by atoms with Crippen molar-refractivity contribution in [3.8, 4) is 0 Å². The Morgan fingerprint density at radius 1 is 1.00 bits per heavy atom. The zero-order valence-electron chi connectivity index (χ0n) is 20.0. The van der Waals surface area contributed by atoms with Crippen LogP contribution in [0.15, 0.2) is 53.4 Å². The van der Waals surface area contributed by atoms with Crippen molar-refractivity contribution in [2.75, 3.05) is 36.4 Å². The Bertz CT molecular complexity index is 1340. The van der Waals surface area contributed by atoms with E-state index >= 15 is 0 Å². The van der Waals surface area contributed by atoms with Crippen LogP contribution >= 0.6 is 0 Å². The van der Waals surface area contributed by atoms with Crippen molar-refractivity contribution in [3.63, 3.8) is 0 Å². The molecule has 0 aliphatic carbocycles. The van der Waals surface area contributed by atoms with Gasteiger partial charge in [0.1, 0.15) is 17.5 Å². The fraction of sp³-hybridized carbons (Fsp3) is 0.320. The molecule has 1 aliphatic rings. The number of nitrogens with zero attached hydrogens (tertiary/aromatic N) is 4. The predicted octanol–water partition coefficient (Wildman–Crippen LogP) is 3.29. The molecule has 0 unspecified atom stereocenters. The zero-order chi connectivity index (χ0) is 25.2. The summed E-state index contributed by atoms with van der Waals surface area (Å²) in [6.45, 7) is 6.57. The summed E-state index contributed by atoms with van der Waals surface area (Å²) >= 11 is 0. The molecule has 0 atom stereocenters. The summed E-state index contributed by atoms with van der Waals surface area (Å²) in [5.41, 5.74) is 2.72. The molecule has 1 saturated heterocycles. The van der Waals surface area contributed by atoms with E-state index < -0.39 is 10.0 Å². The highest BCUT2D eigenvalue weighted by Crippen LogP contribution is 2.27. The number of carbonyl (C=O) groups is 1. The smallest absolute Gasteiger partial charge is 0.243 e. The number of halogens is 1. The van der Waals surface area contributed by atoms with E-state index in [9.17, 15) is 17.6 Å². The third-order valence-corrected chi connectivity index (χ3v) is 7.89. The lowest BCUT2D eigenvalue weighted by atomic mass is 10.0. The van der Waals surface area contributed by atoms with Gasteiger partial charge in [0.05, 0.1) is 4.90 Å². The number of hydrogen-bond acceptors (Lipinski definition) is 6. The molecule has 1 fully saturated rings. The van der Waals surface area contributed by atoms with Crippen LogP contribution in [0.1, 0.15) is 29.6 Å². The maximum atomic E-state index is 14.3. The average Bonchev–Trinajstić information content (AvgIpc) is 2.82. The number of aromatic nitrogens is 2. The lowest BCUT2D eigenvalue weighted by Crippen LogP contribution is -2.49. The molecular formula is C25H28FN5O3S. The van der Waals surface area contributed by atoms with Gasteiger partial charge in [-0.15, -0.1) is 0 Å². The van der Waals surface area contributed by atoms with Crippen molar-refractivity contribution in [3.05, 3.63) is 77.0 Å². The SMILES string of the molecule is CC(=O)Nc1ccc(S(=O)(=O)N2CCN(c3nc(C)nc(C)c3Cc3ccccc3F)CC2)cc1. The van der Waals surface area contributed by atoms with Crippen LogP contribution in [-0.2, 0) is 21.2 Å². The van der Waals surface area contributed by atoms with Gasteiger partial charge in [-0.3, -0.25) is 4.79 Å². The third-order valence-electron chi connectivity index (χ3n) is 5.98. The molecule has 1 amide bonds. The molecule has 0 bridgehead atoms. The van der Waals surface area contributed by atoms with Crippen molar-refractivity contribution in [2.24, 2.45) is 0 Å². The molecule has 3 aromatic rings. The van der Waals surface area contributed by atoms with Crippen LogP contribution in [0.5, 0.6) is 0 Å². The largest absolute Gasteiger partial charge is 0.354 e. The number of anilines is 2. The van der Waals surface area contributed by atoms with Crippen molar-refractivity contribution in [2.45, 2.75) is 32.1 Å². The molecule has 0 saturated carbocycles. The molecule has 0 radical (unpaired) electrons. The first kappa shape index (κ1) is 24.7. The Labute approximate surface area is 204 Å². The lowest BCUT2D eigenvalue weighted by molar-refractivity contribution is -0.114. The number of piperazine rings is 1. The summed E-state index contributed by atoms with van der Waals surface area (Å²) in [6.07, 6.45) is 0.354. The first-order chi connectivity index (χ1) is 16.6. The number of nitrogens with one attached hydrogen (secondary N) is 1. The van der Waals surface area contributed by atoms with Gasteiger partial charge in [-0.1, -0.05) is 18.2 Å². The molecule has 8 nitrogen and oxygen atoms in total. The van der Waals surface area contributed by atoms with E-state index in [0.717, 1.165) is 17.1 Å². The lowest BCUT2D eigenvalue weighted by Gasteiger charge is -2.36. The molecule has 1 aromatic heterocycles. The van der Waals surface area contributed by atoms with E-state index in [-0.39, 0.29) is 29.7 Å². The topological polar surface area (TPSA) is 95.5 Å². The quantitative estimate of drug-likeness (QED) is 0.562. The van der Waals surface area contributed by atoms with E-state index in [1.54, 1.807) is 30.3 Å². The van der Waals surface area contributed by atoms with Crippen molar-refractivity contribution in [1.29, 1.82) is 0 Å². The van der Waals surface area contributed by atoms with Gasteiger partial charge < -0.3 is 10.2 Å². The number of benzene rings is 2. The maximum absolute atomic E-state index is 14.3. The first-order valence-corrected chi connectivity index (χ1v) is 12.8. The minimum atomic E-state index is -3.68. The molecule has 2 heterocycles. The highest BCUT2D eigenvalue weighted by molar-refractivity contribution is 7.89. The van der Waals surface area contributed by atoms with Crippen molar-refractivity contribution in [1.82, 2.24) is 14.3 Å². The zero-order valence-corrected chi connectivity index (χ0v) is 20.8. The van der Waals surface area contributed by atoms with Gasteiger partial charge in [-0.2, -0.15) is 4.31 Å². The van der Waals surface area contributed by atoms with Gasteiger partial charge >= 0.3 is 0 Å². The van der Waals surface area contributed by atoms with E-state index in [1.165, 1.54) is 29.4 Å². The Balaban J connectivity index is 1.52. The molecule has 184 valence electrons. The maximum Gasteiger partial charge on any atom is 0.243 e. The van der Waals surface area contributed by atoms with Crippen LogP contribution in [0.25, 0.3) is 0 Å². The Morgan fingerprint density at radius 2 is 1.66 bits per heavy atom. The molecule has 10 heteroatoms. The fourth-order valence-corrected chi connectivity index (χ4v) is 5.64. The highest BCUT2D eigenvalue weighted by atomic mass is 32.2. The summed E-state index contributed by atoms with van der Waals surface area (Å²) in [5, 5.41) is 2.63. The average molecular weight is 498 g/mol. The van der Waals surface area contributed by atoms with Gasteiger partial charge in [-0.25, -0.2) is 22.8 Å². The molecule has 35 heavy (non-hydrogen) atoms. The van der Waals surface area contributed by atoms with Crippen molar-refractivity contribution >= 4 is 27.4 Å². The van der Waals surface area contributed by atoms with E-state index in [0.29, 0.717) is 36.6 Å². The van der Waals surface area contributed by atoms with Crippen LogP contribution in [0, 0.1) is 19.7 Å². The van der Waals surface area contributed by atoms with Gasteiger partial charge in [0, 0.05) is 56.5 Å². The molecule has 1 N–H and O–H groups in total. The van der Waals surface area contributed by atoms with E-state index in [1.807, 2.05) is 18.7 Å². The minimum absolute atomic E-state index is 0.175. The molecular weight excluding hydrogens is 469 g/mol. The van der Waals surface area contributed by atoms with E-state index in [4.69, 9.17) is 0 Å². The van der Waals surface area contributed by atoms with Gasteiger partial charge in [0.15, 0.2) is 0 Å². The summed E-state index contributed by atoms with van der Waals surface area (Å²) in [6, 6.07) is 12.8. The summed E-state index contributed by atoms with van der Waals surface area (Å²) in [7, 11) is -3.68. The Hall–Kier alpha value is -3.37. The van der Waals surface area contributed by atoms with Gasteiger partial charge in [0.2, 0.25) is 15.9 Å². The van der Waals surface area contributed by atoms with Crippen LogP contribution in [0.3, 0.4) is 0 Å². The standard InChI is InChI=1S/C25H28FN5O3S/c1-17-23(16-20-6-4-5-7-24(20)26)25(28-18(2)27-17)30-12-14-31(15-13-30)35(33,34)22-10-8-21(9-11-22)29-19(3)32/h4-11H,12-16H2,1-3H3,(H,29,32). The second-order valence-electron chi connectivity index (χ2n) is 8.52. The number of aryl methyl sites for hydroxylation is 2. The first-order valence-electron chi connectivity index (χ1n) is 11.4. The van der Waals surface area contributed by atoms with Crippen molar-refractivity contribution < 1.29 is 17.6 Å². The second-order valence-corrected chi connectivity index (χ2v) is 10.5. The molecule has 1 aliphatic heterocycles. The Morgan fingerprint density at radius 3 is 2.29 bits per heavy atom. The van der Waals surface area contributed by atoms with Gasteiger partial charge in [-0.05, 0) is 49.7 Å². The monoisotopic (exact) mass is 497 g/mol. The predicted molar refractivity (Wildman–Crippen MR) is 132 cm³/mol. The fourth-order valence-electron chi connectivity index (χ4n) is 4.22. The molecule has 4 rings (SSSR count). The number of rotatable bonds is 6. The van der Waals surface area contributed by atoms with Crippen LogP contribution in [-0.4, -0.2) is 54.8 Å². The normalized spacial score (nSPS) is 14.7. The van der Waals surface area contributed by atoms with Crippen LogP contribution < -0.4 is 10.2 Å². The summed E-state index contributed by atoms with van der Waals surface area (Å²) in [5.74, 6) is 0.833. The number of sulfonamides is 1. The summed E-state index contributed by atoms with van der Waals surface area (Å²) < 4.78 is 42.1. The number of amides is 1. The second kappa shape index (κ2) is 10.1. The highest BCUT2D eigenvalue weighted by Gasteiger charge is 2.30. The minimum Gasteiger partial charge on any atom is -0.354 e. The number of hydrogen-bond donors (Lipinski definition) is 1.